The van der Waals surface area contributed by atoms with E-state index in [-0.39, 0.29) is 28.7 Å². The summed E-state index contributed by atoms with van der Waals surface area (Å²) in [6.45, 7) is 3.82. The molecular formula is C21H18F2N6O3S. The number of nitrogens with zero attached hydrogens (tertiary/aromatic N) is 4. The Balaban J connectivity index is 1.74. The van der Waals surface area contributed by atoms with Gasteiger partial charge >= 0.3 is 0 Å². The minimum atomic E-state index is -4.63. The molecule has 3 heterocycles. The Morgan fingerprint density at radius 3 is 2.52 bits per heavy atom. The summed E-state index contributed by atoms with van der Waals surface area (Å²) in [7, 11) is -4.63. The molecule has 0 atom stereocenters. The minimum absolute atomic E-state index is 0.0234. The van der Waals surface area contributed by atoms with Crippen LogP contribution in [0.2, 0.25) is 0 Å². The molecule has 0 spiro atoms. The van der Waals surface area contributed by atoms with E-state index >= 15 is 0 Å². The maximum Gasteiger partial charge on any atom is 0.267 e. The summed E-state index contributed by atoms with van der Waals surface area (Å²) >= 11 is 0. The first-order chi connectivity index (χ1) is 15.6. The van der Waals surface area contributed by atoms with Crippen LogP contribution in [0.25, 0.3) is 11.0 Å². The molecule has 0 aliphatic carbocycles. The molecule has 0 saturated heterocycles. The van der Waals surface area contributed by atoms with Gasteiger partial charge < -0.3 is 10.3 Å². The molecule has 3 aromatic heterocycles. The Kier molecular flexibility index (Phi) is 5.54. The SMILES string of the molecule is CC(C)n1cc(C(=O)c2cncc(NS(=O)(=O)c3c(F)cccc3F)c2)c2c(N)ncnc21. The van der Waals surface area contributed by atoms with Gasteiger partial charge in [0, 0.05) is 24.0 Å². The van der Waals surface area contributed by atoms with Crippen molar-refractivity contribution < 1.29 is 22.0 Å². The highest BCUT2D eigenvalue weighted by Crippen LogP contribution is 2.29. The summed E-state index contributed by atoms with van der Waals surface area (Å²) in [6, 6.07) is 3.88. The van der Waals surface area contributed by atoms with Gasteiger partial charge in [-0.15, -0.1) is 0 Å². The molecule has 0 aliphatic rings. The van der Waals surface area contributed by atoms with Crippen LogP contribution in [-0.2, 0) is 10.0 Å². The Bertz CT molecular complexity index is 1480. The van der Waals surface area contributed by atoms with Crippen molar-refractivity contribution in [2.24, 2.45) is 0 Å². The van der Waals surface area contributed by atoms with Crippen LogP contribution in [0, 0.1) is 11.6 Å². The van der Waals surface area contributed by atoms with Gasteiger partial charge in [-0.3, -0.25) is 14.5 Å². The second-order valence-electron chi connectivity index (χ2n) is 7.45. The summed E-state index contributed by atoms with van der Waals surface area (Å²) in [5.41, 5.74) is 6.55. The number of anilines is 2. The Morgan fingerprint density at radius 1 is 1.15 bits per heavy atom. The fourth-order valence-electron chi connectivity index (χ4n) is 3.40. The standard InChI is InChI=1S/C21H18F2N6O3S/c1-11(2)29-9-14(17-20(24)26-10-27-21(17)29)18(30)12-6-13(8-25-7-12)28-33(31,32)19-15(22)4-3-5-16(19)23/h3-11,28H,1-2H3,(H2,24,26,27). The predicted molar refractivity (Wildman–Crippen MR) is 117 cm³/mol. The van der Waals surface area contributed by atoms with E-state index in [0.717, 1.165) is 24.4 Å². The topological polar surface area (TPSA) is 133 Å². The van der Waals surface area contributed by atoms with Gasteiger partial charge in [-0.05, 0) is 32.0 Å². The molecule has 0 bridgehead atoms. The molecule has 4 rings (SSSR count). The van der Waals surface area contributed by atoms with Gasteiger partial charge in [0.15, 0.2) is 10.7 Å². The highest BCUT2D eigenvalue weighted by molar-refractivity contribution is 7.92. The number of fused-ring (bicyclic) bond motifs is 1. The zero-order valence-corrected chi connectivity index (χ0v) is 18.3. The number of aromatic nitrogens is 4. The van der Waals surface area contributed by atoms with Gasteiger partial charge in [0.1, 0.15) is 29.4 Å². The van der Waals surface area contributed by atoms with Crippen molar-refractivity contribution in [2.75, 3.05) is 10.5 Å². The van der Waals surface area contributed by atoms with Gasteiger partial charge in [0.2, 0.25) is 0 Å². The van der Waals surface area contributed by atoms with E-state index in [1.165, 1.54) is 18.6 Å². The number of rotatable bonds is 6. The quantitative estimate of drug-likeness (QED) is 0.411. The largest absolute Gasteiger partial charge is 0.383 e. The molecular weight excluding hydrogens is 454 g/mol. The number of hydrogen-bond donors (Lipinski definition) is 2. The lowest BCUT2D eigenvalue weighted by Gasteiger charge is -2.10. The van der Waals surface area contributed by atoms with Crippen LogP contribution < -0.4 is 10.5 Å². The highest BCUT2D eigenvalue weighted by atomic mass is 32.2. The Hall–Kier alpha value is -3.93. The number of nitrogens with two attached hydrogens (primary N) is 1. The second kappa shape index (κ2) is 8.20. The summed E-state index contributed by atoms with van der Waals surface area (Å²) < 4.78 is 56.9. The third-order valence-electron chi connectivity index (χ3n) is 4.88. The average molecular weight is 472 g/mol. The lowest BCUT2D eigenvalue weighted by molar-refractivity contribution is 0.103. The van der Waals surface area contributed by atoms with E-state index in [1.807, 2.05) is 13.8 Å². The maximum atomic E-state index is 14.0. The fourth-order valence-corrected chi connectivity index (χ4v) is 4.57. The molecule has 3 N–H and O–H groups in total. The second-order valence-corrected chi connectivity index (χ2v) is 9.07. The Morgan fingerprint density at radius 2 is 1.85 bits per heavy atom. The number of benzene rings is 1. The third-order valence-corrected chi connectivity index (χ3v) is 6.31. The summed E-state index contributed by atoms with van der Waals surface area (Å²) in [5.74, 6) is -2.89. The van der Waals surface area contributed by atoms with Crippen LogP contribution in [-0.4, -0.2) is 33.7 Å². The van der Waals surface area contributed by atoms with Crippen LogP contribution in [0.3, 0.4) is 0 Å². The number of hydrogen-bond acceptors (Lipinski definition) is 7. The number of halogens is 2. The van der Waals surface area contributed by atoms with E-state index in [1.54, 1.807) is 10.8 Å². The van der Waals surface area contributed by atoms with Crippen LogP contribution in [0.15, 0.2) is 54.1 Å². The lowest BCUT2D eigenvalue weighted by atomic mass is 10.1. The van der Waals surface area contributed by atoms with Crippen LogP contribution >= 0.6 is 0 Å². The van der Waals surface area contributed by atoms with Crippen molar-refractivity contribution >= 4 is 38.3 Å². The molecule has 0 amide bonds. The van der Waals surface area contributed by atoms with Gasteiger partial charge in [-0.2, -0.15) is 0 Å². The van der Waals surface area contributed by atoms with Gasteiger partial charge in [-0.1, -0.05) is 6.07 Å². The summed E-state index contributed by atoms with van der Waals surface area (Å²) in [4.78, 5) is 24.2. The molecule has 33 heavy (non-hydrogen) atoms. The van der Waals surface area contributed by atoms with E-state index in [0.29, 0.717) is 11.0 Å². The molecule has 0 unspecified atom stereocenters. The molecule has 0 fully saturated rings. The first kappa shape index (κ1) is 22.3. The van der Waals surface area contributed by atoms with Crippen LogP contribution in [0.1, 0.15) is 35.8 Å². The van der Waals surface area contributed by atoms with Crippen molar-refractivity contribution in [3.8, 4) is 0 Å². The number of ketones is 1. The minimum Gasteiger partial charge on any atom is -0.383 e. The van der Waals surface area contributed by atoms with E-state index in [4.69, 9.17) is 5.73 Å². The van der Waals surface area contributed by atoms with Crippen LogP contribution in [0.5, 0.6) is 0 Å². The summed E-state index contributed by atoms with van der Waals surface area (Å²) in [6.07, 6.45) is 5.24. The van der Waals surface area contributed by atoms with Crippen molar-refractivity contribution in [3.63, 3.8) is 0 Å². The van der Waals surface area contributed by atoms with Gasteiger partial charge in [-0.25, -0.2) is 27.2 Å². The number of sulfonamides is 1. The first-order valence-corrected chi connectivity index (χ1v) is 11.2. The lowest BCUT2D eigenvalue weighted by Crippen LogP contribution is -2.17. The van der Waals surface area contributed by atoms with Crippen molar-refractivity contribution in [1.29, 1.82) is 0 Å². The molecule has 0 saturated carbocycles. The molecule has 12 heteroatoms. The molecule has 1 aromatic carbocycles. The first-order valence-electron chi connectivity index (χ1n) is 9.67. The Labute approximate surface area is 187 Å². The summed E-state index contributed by atoms with van der Waals surface area (Å²) in [5, 5.41) is 0.357. The third kappa shape index (κ3) is 4.00. The number of nitrogen functional groups attached to an aromatic ring is 1. The molecule has 9 nitrogen and oxygen atoms in total. The zero-order chi connectivity index (χ0) is 23.9. The molecule has 4 aromatic rings. The molecule has 0 aliphatic heterocycles. The highest BCUT2D eigenvalue weighted by Gasteiger charge is 2.25. The predicted octanol–water partition coefficient (Wildman–Crippen LogP) is 3.30. The number of carbonyl (C=O) groups is 1. The average Bonchev–Trinajstić information content (AvgIpc) is 3.14. The van der Waals surface area contributed by atoms with Gasteiger partial charge in [0.25, 0.3) is 10.0 Å². The number of pyridine rings is 1. The maximum absolute atomic E-state index is 14.0. The monoisotopic (exact) mass is 472 g/mol. The van der Waals surface area contributed by atoms with Crippen LogP contribution in [0.4, 0.5) is 20.3 Å². The van der Waals surface area contributed by atoms with E-state index < -0.39 is 32.3 Å². The molecule has 170 valence electrons. The van der Waals surface area contributed by atoms with E-state index in [9.17, 15) is 22.0 Å². The fraction of sp³-hybridized carbons (Fsp3) is 0.143. The van der Waals surface area contributed by atoms with Crippen molar-refractivity contribution in [3.05, 3.63) is 71.9 Å². The van der Waals surface area contributed by atoms with Crippen molar-refractivity contribution in [1.82, 2.24) is 19.5 Å². The number of nitrogens with one attached hydrogen (secondary N) is 1. The normalized spacial score (nSPS) is 11.8. The molecule has 0 radical (unpaired) electrons. The smallest absolute Gasteiger partial charge is 0.267 e. The number of carbonyl (C=O) groups excluding carboxylic acids is 1. The zero-order valence-electron chi connectivity index (χ0n) is 17.5. The van der Waals surface area contributed by atoms with Crippen molar-refractivity contribution in [2.45, 2.75) is 24.8 Å². The van der Waals surface area contributed by atoms with Gasteiger partial charge in [0.05, 0.1) is 22.8 Å². The van der Waals surface area contributed by atoms with E-state index in [2.05, 4.69) is 19.7 Å².